The van der Waals surface area contributed by atoms with E-state index in [0.29, 0.717) is 5.75 Å². The first-order chi connectivity index (χ1) is 10.7. The second kappa shape index (κ2) is 6.87. The minimum absolute atomic E-state index is 0.367. The average Bonchev–Trinajstić information content (AvgIpc) is 2.48. The average molecular weight is 343 g/mol. The molecule has 1 N–H and O–H groups in total. The van der Waals surface area contributed by atoms with Crippen molar-refractivity contribution in [3.63, 3.8) is 0 Å². The first-order valence-electron chi connectivity index (χ1n) is 7.93. The summed E-state index contributed by atoms with van der Waals surface area (Å²) < 4.78 is 6.68. The summed E-state index contributed by atoms with van der Waals surface area (Å²) in [6.45, 7) is 12.7. The lowest BCUT2D eigenvalue weighted by Crippen LogP contribution is -2.53. The van der Waals surface area contributed by atoms with Crippen LogP contribution in [0.4, 0.5) is 0 Å². The molecule has 0 amide bonds. The smallest absolute Gasteiger partial charge is 0.205 e. The fourth-order valence-electron chi connectivity index (χ4n) is 2.93. The summed E-state index contributed by atoms with van der Waals surface area (Å²) in [5.41, 5.74) is 2.11. The number of hydrogen-bond donors (Lipinski definition) is 1. The van der Waals surface area contributed by atoms with Gasteiger partial charge >= 0.3 is 0 Å². The SMILES string of the molecule is C=Cc1ccc([Si](C)(C)O[Si](C)(C)Cc2ccccc2O)cc1. The third-order valence-electron chi connectivity index (χ3n) is 3.98. The number of phenolic OH excluding ortho intramolecular Hbond substituents is 1. The van der Waals surface area contributed by atoms with E-state index in [1.54, 1.807) is 6.07 Å². The Bertz CT molecular complexity index is 676. The molecule has 122 valence electrons. The van der Waals surface area contributed by atoms with Crippen molar-refractivity contribution >= 4 is 27.9 Å². The number of para-hydroxylation sites is 1. The van der Waals surface area contributed by atoms with Gasteiger partial charge in [-0.1, -0.05) is 55.1 Å². The lowest BCUT2D eigenvalue weighted by atomic mass is 10.2. The van der Waals surface area contributed by atoms with Gasteiger partial charge in [0.15, 0.2) is 8.32 Å². The zero-order valence-electron chi connectivity index (χ0n) is 14.5. The van der Waals surface area contributed by atoms with Crippen LogP contribution in [-0.4, -0.2) is 21.7 Å². The molecule has 0 aliphatic heterocycles. The van der Waals surface area contributed by atoms with Gasteiger partial charge in [0.05, 0.1) is 0 Å². The van der Waals surface area contributed by atoms with Crippen LogP contribution in [0.2, 0.25) is 26.2 Å². The Labute approximate surface area is 141 Å². The van der Waals surface area contributed by atoms with E-state index in [2.05, 4.69) is 57.0 Å². The zero-order chi connectivity index (χ0) is 17.1. The maximum absolute atomic E-state index is 10.0. The predicted octanol–water partition coefficient (Wildman–Crippen LogP) is 4.45. The minimum atomic E-state index is -1.98. The molecular weight excluding hydrogens is 316 g/mol. The van der Waals surface area contributed by atoms with Gasteiger partial charge in [0.1, 0.15) is 5.75 Å². The van der Waals surface area contributed by atoms with Gasteiger partial charge in [0.2, 0.25) is 8.32 Å². The molecule has 0 spiro atoms. The Morgan fingerprint density at radius 3 is 2.17 bits per heavy atom. The fraction of sp³-hybridized carbons (Fsp3) is 0.263. The van der Waals surface area contributed by atoms with Gasteiger partial charge in [-0.3, -0.25) is 0 Å². The molecule has 0 bridgehead atoms. The Kier molecular flexibility index (Phi) is 5.29. The Morgan fingerprint density at radius 2 is 1.61 bits per heavy atom. The molecule has 2 nitrogen and oxygen atoms in total. The van der Waals surface area contributed by atoms with Crippen LogP contribution in [-0.2, 0) is 10.2 Å². The van der Waals surface area contributed by atoms with E-state index >= 15 is 0 Å². The second-order valence-electron chi connectivity index (χ2n) is 7.00. The van der Waals surface area contributed by atoms with Crippen molar-refractivity contribution in [1.29, 1.82) is 0 Å². The molecule has 0 aliphatic rings. The monoisotopic (exact) mass is 342 g/mol. The lowest BCUT2D eigenvalue weighted by molar-refractivity contribution is 0.468. The molecule has 0 saturated carbocycles. The van der Waals surface area contributed by atoms with Crippen LogP contribution >= 0.6 is 0 Å². The summed E-state index contributed by atoms with van der Waals surface area (Å²) in [7, 11) is -3.91. The number of phenols is 1. The number of aromatic hydroxyl groups is 1. The standard InChI is InChI=1S/C19H26O2Si2/c1-6-16-11-13-18(14-12-16)23(4,5)21-22(2,3)15-17-9-7-8-10-19(17)20/h6-14,20H,1,15H2,2-5H3. The summed E-state index contributed by atoms with van der Waals surface area (Å²) >= 11 is 0. The van der Waals surface area contributed by atoms with Crippen LogP contribution in [0, 0.1) is 0 Å². The van der Waals surface area contributed by atoms with Crippen molar-refractivity contribution in [2.45, 2.75) is 32.2 Å². The molecule has 2 aromatic rings. The van der Waals surface area contributed by atoms with Crippen molar-refractivity contribution in [2.75, 3.05) is 0 Å². The summed E-state index contributed by atoms with van der Waals surface area (Å²) in [5, 5.41) is 11.3. The molecule has 23 heavy (non-hydrogen) atoms. The molecule has 0 aliphatic carbocycles. The van der Waals surface area contributed by atoms with Crippen molar-refractivity contribution < 1.29 is 9.22 Å². The van der Waals surface area contributed by atoms with Crippen LogP contribution in [0.5, 0.6) is 5.75 Å². The van der Waals surface area contributed by atoms with Crippen LogP contribution in [0.1, 0.15) is 11.1 Å². The quantitative estimate of drug-likeness (QED) is 0.786. The minimum Gasteiger partial charge on any atom is -0.508 e. The molecule has 0 heterocycles. The topological polar surface area (TPSA) is 29.5 Å². The third kappa shape index (κ3) is 4.67. The molecule has 2 aromatic carbocycles. The van der Waals surface area contributed by atoms with E-state index in [0.717, 1.165) is 17.2 Å². The summed E-state index contributed by atoms with van der Waals surface area (Å²) in [6.07, 6.45) is 1.86. The van der Waals surface area contributed by atoms with Crippen LogP contribution in [0.3, 0.4) is 0 Å². The zero-order valence-corrected chi connectivity index (χ0v) is 16.5. The van der Waals surface area contributed by atoms with E-state index in [1.807, 2.05) is 24.3 Å². The van der Waals surface area contributed by atoms with Gasteiger partial charge in [0.25, 0.3) is 0 Å². The molecule has 4 heteroatoms. The second-order valence-corrected chi connectivity index (χ2v) is 15.3. The van der Waals surface area contributed by atoms with Gasteiger partial charge in [-0.15, -0.1) is 0 Å². The van der Waals surface area contributed by atoms with Crippen LogP contribution < -0.4 is 5.19 Å². The lowest BCUT2D eigenvalue weighted by Gasteiger charge is -2.34. The molecule has 0 atom stereocenters. The Morgan fingerprint density at radius 1 is 1.00 bits per heavy atom. The van der Waals surface area contributed by atoms with Gasteiger partial charge < -0.3 is 9.22 Å². The maximum atomic E-state index is 10.0. The summed E-state index contributed by atoms with van der Waals surface area (Å²) in [4.78, 5) is 0. The Balaban J connectivity index is 2.16. The van der Waals surface area contributed by atoms with E-state index in [4.69, 9.17) is 4.12 Å². The molecule has 0 unspecified atom stereocenters. The fourth-order valence-corrected chi connectivity index (χ4v) is 11.4. The number of rotatable bonds is 6. The molecule has 0 saturated heterocycles. The van der Waals surface area contributed by atoms with Gasteiger partial charge in [-0.05, 0) is 54.6 Å². The van der Waals surface area contributed by atoms with Crippen molar-refractivity contribution in [2.24, 2.45) is 0 Å². The van der Waals surface area contributed by atoms with Crippen molar-refractivity contribution in [3.05, 3.63) is 66.2 Å². The van der Waals surface area contributed by atoms with Gasteiger partial charge in [0, 0.05) is 0 Å². The van der Waals surface area contributed by atoms with E-state index in [9.17, 15) is 5.11 Å². The largest absolute Gasteiger partial charge is 0.508 e. The highest BCUT2D eigenvalue weighted by Gasteiger charge is 2.35. The van der Waals surface area contributed by atoms with E-state index < -0.39 is 16.6 Å². The molecule has 2 rings (SSSR count). The van der Waals surface area contributed by atoms with E-state index in [-0.39, 0.29) is 0 Å². The van der Waals surface area contributed by atoms with Crippen molar-refractivity contribution in [3.8, 4) is 5.75 Å². The summed E-state index contributed by atoms with van der Waals surface area (Å²) in [5.74, 6) is 0.367. The predicted molar refractivity (Wildman–Crippen MR) is 104 cm³/mol. The highest BCUT2D eigenvalue weighted by Crippen LogP contribution is 2.24. The highest BCUT2D eigenvalue weighted by molar-refractivity contribution is 6.92. The molecule has 0 aromatic heterocycles. The molecule has 0 fully saturated rings. The number of hydrogen-bond acceptors (Lipinski definition) is 2. The van der Waals surface area contributed by atoms with Gasteiger partial charge in [-0.25, -0.2) is 0 Å². The first kappa shape index (κ1) is 17.7. The van der Waals surface area contributed by atoms with Gasteiger partial charge in [-0.2, -0.15) is 0 Å². The van der Waals surface area contributed by atoms with Crippen molar-refractivity contribution in [1.82, 2.24) is 0 Å². The first-order valence-corrected chi connectivity index (χ1v) is 14.0. The van der Waals surface area contributed by atoms with E-state index in [1.165, 1.54) is 5.19 Å². The highest BCUT2D eigenvalue weighted by atomic mass is 28.4. The van der Waals surface area contributed by atoms with Crippen LogP contribution in [0.15, 0.2) is 55.1 Å². The Hall–Kier alpha value is -1.63. The summed E-state index contributed by atoms with van der Waals surface area (Å²) in [6, 6.07) is 16.9. The number of benzene rings is 2. The normalized spacial score (nSPS) is 12.2. The maximum Gasteiger partial charge on any atom is 0.205 e. The molecular formula is C19H26O2Si2. The third-order valence-corrected chi connectivity index (χ3v) is 11.2. The van der Waals surface area contributed by atoms with Crippen LogP contribution in [0.25, 0.3) is 6.08 Å². The molecule has 0 radical (unpaired) electrons.